The second-order valence-corrected chi connectivity index (χ2v) is 11.0. The zero-order valence-corrected chi connectivity index (χ0v) is 24.0. The van der Waals surface area contributed by atoms with Crippen molar-refractivity contribution in [1.82, 2.24) is 4.31 Å². The second kappa shape index (κ2) is 12.1. The molecule has 5 nitrogen and oxygen atoms in total. The highest BCUT2D eigenvalue weighted by Gasteiger charge is 2.41. The molecule has 0 aliphatic carbocycles. The van der Waals surface area contributed by atoms with E-state index in [0.29, 0.717) is 0 Å². The van der Waals surface area contributed by atoms with Gasteiger partial charge in [0.05, 0.1) is 30.5 Å². The molecule has 3 aromatic rings. The lowest BCUT2D eigenvalue weighted by Gasteiger charge is -2.44. The van der Waals surface area contributed by atoms with Crippen LogP contribution in [-0.4, -0.2) is 44.7 Å². The number of unbranched alkanes of at least 4 members (excludes halogenated alkanes) is 1. The first kappa shape index (κ1) is 27.2. The van der Waals surface area contributed by atoms with E-state index in [1.54, 1.807) is 14.2 Å². The Morgan fingerprint density at radius 3 is 2.27 bits per heavy atom. The van der Waals surface area contributed by atoms with E-state index in [1.807, 2.05) is 11.9 Å². The van der Waals surface area contributed by atoms with Crippen molar-refractivity contribution in [2.75, 3.05) is 44.7 Å². The summed E-state index contributed by atoms with van der Waals surface area (Å²) in [7, 11) is 7.64. The first-order valence-corrected chi connectivity index (χ1v) is 14.0. The fourth-order valence-corrected chi connectivity index (χ4v) is 6.46. The van der Waals surface area contributed by atoms with E-state index in [0.717, 1.165) is 43.1 Å². The minimum atomic E-state index is -0.0129. The van der Waals surface area contributed by atoms with Gasteiger partial charge in [0.15, 0.2) is 0 Å². The van der Waals surface area contributed by atoms with Gasteiger partial charge in [-0.2, -0.15) is 0 Å². The second-order valence-electron chi connectivity index (χ2n) is 9.97. The highest BCUT2D eigenvalue weighted by Crippen LogP contribution is 2.50. The Hall–Kier alpha value is -2.83. The molecule has 37 heavy (non-hydrogen) atoms. The number of fused-ring (bicyclic) bond motifs is 1. The average Bonchev–Trinajstić information content (AvgIpc) is 3.06. The fraction of sp³-hybridized carbons (Fsp3) is 0.419. The van der Waals surface area contributed by atoms with E-state index in [4.69, 9.17) is 9.47 Å². The monoisotopic (exact) mass is 519 g/mol. The summed E-state index contributed by atoms with van der Waals surface area (Å²) >= 11 is 1.87. The van der Waals surface area contributed by atoms with Crippen LogP contribution in [0.25, 0.3) is 0 Å². The fourth-order valence-electron chi connectivity index (χ4n) is 5.12. The van der Waals surface area contributed by atoms with Gasteiger partial charge in [0.2, 0.25) is 0 Å². The summed E-state index contributed by atoms with van der Waals surface area (Å²) in [6.07, 6.45) is 4.57. The SMILES string of the molecule is CCCCC1(CC)CN(c2ccccc2)c2cc(N(C)C)c(OC)cc2SN1Cc1ccc(OC)cc1. The number of para-hydroxylation sites is 1. The summed E-state index contributed by atoms with van der Waals surface area (Å²) < 4.78 is 13.9. The lowest BCUT2D eigenvalue weighted by Crippen LogP contribution is -2.50. The molecule has 0 bridgehead atoms. The summed E-state index contributed by atoms with van der Waals surface area (Å²) in [5.41, 5.74) is 4.81. The van der Waals surface area contributed by atoms with Gasteiger partial charge in [0.1, 0.15) is 11.5 Å². The normalized spacial score (nSPS) is 17.7. The van der Waals surface area contributed by atoms with Crippen LogP contribution in [0.15, 0.2) is 71.6 Å². The Morgan fingerprint density at radius 1 is 0.946 bits per heavy atom. The summed E-state index contributed by atoms with van der Waals surface area (Å²) in [6.45, 7) is 6.41. The molecule has 1 aliphatic heterocycles. The van der Waals surface area contributed by atoms with Crippen molar-refractivity contribution in [3.05, 3.63) is 72.3 Å². The molecule has 3 aromatic carbocycles. The number of methoxy groups -OCH3 is 2. The van der Waals surface area contributed by atoms with E-state index in [1.165, 1.54) is 34.7 Å². The number of rotatable bonds is 10. The topological polar surface area (TPSA) is 28.2 Å². The zero-order chi connectivity index (χ0) is 26.4. The van der Waals surface area contributed by atoms with E-state index in [9.17, 15) is 0 Å². The van der Waals surface area contributed by atoms with Crippen molar-refractivity contribution in [3.8, 4) is 11.5 Å². The predicted molar refractivity (Wildman–Crippen MR) is 158 cm³/mol. The third kappa shape index (κ3) is 5.86. The van der Waals surface area contributed by atoms with Gasteiger partial charge in [-0.3, -0.25) is 0 Å². The van der Waals surface area contributed by atoms with Crippen LogP contribution in [0.1, 0.15) is 45.1 Å². The van der Waals surface area contributed by atoms with Crippen LogP contribution in [0, 0.1) is 0 Å². The van der Waals surface area contributed by atoms with Crippen molar-refractivity contribution in [2.24, 2.45) is 0 Å². The van der Waals surface area contributed by atoms with Crippen molar-refractivity contribution in [3.63, 3.8) is 0 Å². The lowest BCUT2D eigenvalue weighted by atomic mass is 9.88. The molecule has 1 aliphatic rings. The van der Waals surface area contributed by atoms with Gasteiger partial charge in [0.25, 0.3) is 0 Å². The van der Waals surface area contributed by atoms with Crippen LogP contribution >= 0.6 is 11.9 Å². The van der Waals surface area contributed by atoms with E-state index in [-0.39, 0.29) is 5.54 Å². The van der Waals surface area contributed by atoms with Gasteiger partial charge in [-0.25, -0.2) is 4.31 Å². The molecule has 0 saturated carbocycles. The van der Waals surface area contributed by atoms with Gasteiger partial charge in [-0.05, 0) is 66.8 Å². The van der Waals surface area contributed by atoms with Crippen molar-refractivity contribution < 1.29 is 9.47 Å². The predicted octanol–water partition coefficient (Wildman–Crippen LogP) is 7.77. The van der Waals surface area contributed by atoms with Crippen LogP contribution in [0.4, 0.5) is 17.1 Å². The third-order valence-electron chi connectivity index (χ3n) is 7.43. The quantitative estimate of drug-likeness (QED) is 0.254. The number of ether oxygens (including phenoxy) is 2. The van der Waals surface area contributed by atoms with Crippen LogP contribution in [-0.2, 0) is 6.54 Å². The van der Waals surface area contributed by atoms with Crippen molar-refractivity contribution >= 4 is 29.0 Å². The number of anilines is 3. The summed E-state index contributed by atoms with van der Waals surface area (Å²) in [5, 5.41) is 0. The molecule has 0 spiro atoms. The highest BCUT2D eigenvalue weighted by atomic mass is 32.2. The first-order chi connectivity index (χ1) is 17.9. The highest BCUT2D eigenvalue weighted by molar-refractivity contribution is 7.97. The van der Waals surface area contributed by atoms with Crippen LogP contribution in [0.2, 0.25) is 0 Å². The Kier molecular flexibility index (Phi) is 8.93. The summed E-state index contributed by atoms with van der Waals surface area (Å²) in [6, 6.07) is 23.9. The maximum atomic E-state index is 5.87. The number of nitrogens with zero attached hydrogens (tertiary/aromatic N) is 3. The van der Waals surface area contributed by atoms with Crippen LogP contribution in [0.5, 0.6) is 11.5 Å². The van der Waals surface area contributed by atoms with Gasteiger partial charge >= 0.3 is 0 Å². The smallest absolute Gasteiger partial charge is 0.143 e. The van der Waals surface area contributed by atoms with E-state index in [2.05, 4.69) is 109 Å². The minimum Gasteiger partial charge on any atom is -0.497 e. The van der Waals surface area contributed by atoms with Gasteiger partial charge in [-0.1, -0.05) is 57.0 Å². The largest absolute Gasteiger partial charge is 0.497 e. The van der Waals surface area contributed by atoms with Gasteiger partial charge < -0.3 is 19.3 Å². The van der Waals surface area contributed by atoms with Gasteiger partial charge in [-0.15, -0.1) is 0 Å². The van der Waals surface area contributed by atoms with Gasteiger partial charge in [0, 0.05) is 38.4 Å². The molecular weight excluding hydrogens is 478 g/mol. The van der Waals surface area contributed by atoms with Crippen LogP contribution in [0.3, 0.4) is 0 Å². The Labute approximate surface area is 227 Å². The molecule has 6 heteroatoms. The Morgan fingerprint density at radius 2 is 1.68 bits per heavy atom. The minimum absolute atomic E-state index is 0.0129. The third-order valence-corrected chi connectivity index (χ3v) is 8.69. The standard InChI is InChI=1S/C31H41N3O2S/c1-7-9-19-31(8-2)23-33(25-13-11-10-12-14-25)28-20-27(32(3)4)29(36-6)21-30(28)37-34(31)22-24-15-17-26(35-5)18-16-24/h10-18,20-21H,7-9,19,22-23H2,1-6H3. The molecule has 4 rings (SSSR count). The number of benzene rings is 3. The molecule has 0 aromatic heterocycles. The first-order valence-electron chi connectivity index (χ1n) is 13.2. The van der Waals surface area contributed by atoms with E-state index >= 15 is 0 Å². The van der Waals surface area contributed by atoms with Crippen molar-refractivity contribution in [1.29, 1.82) is 0 Å². The average molecular weight is 520 g/mol. The maximum Gasteiger partial charge on any atom is 0.143 e. The van der Waals surface area contributed by atoms with Crippen molar-refractivity contribution in [2.45, 2.75) is 56.5 Å². The van der Waals surface area contributed by atoms with E-state index < -0.39 is 0 Å². The summed E-state index contributed by atoms with van der Waals surface area (Å²) in [4.78, 5) is 5.88. The molecule has 0 radical (unpaired) electrons. The zero-order valence-electron chi connectivity index (χ0n) is 23.2. The molecular formula is C31H41N3O2S. The Bertz CT molecular complexity index is 1150. The molecule has 1 heterocycles. The molecule has 0 N–H and O–H groups in total. The molecule has 0 saturated heterocycles. The Balaban J connectivity index is 1.87. The molecule has 0 amide bonds. The van der Waals surface area contributed by atoms with Crippen LogP contribution < -0.4 is 19.3 Å². The maximum absolute atomic E-state index is 5.87. The molecule has 1 atom stereocenters. The number of hydrogen-bond acceptors (Lipinski definition) is 6. The molecule has 198 valence electrons. The summed E-state index contributed by atoms with van der Waals surface area (Å²) in [5.74, 6) is 1.78. The lowest BCUT2D eigenvalue weighted by molar-refractivity contribution is 0.178. The number of hydrogen-bond donors (Lipinski definition) is 0. The molecule has 1 unspecified atom stereocenters. The molecule has 0 fully saturated rings.